The van der Waals surface area contributed by atoms with Gasteiger partial charge in [0.2, 0.25) is 11.8 Å². The van der Waals surface area contributed by atoms with Crippen LogP contribution in [0, 0.1) is 11.8 Å². The van der Waals surface area contributed by atoms with Gasteiger partial charge >= 0.3 is 0 Å². The van der Waals surface area contributed by atoms with Crippen molar-refractivity contribution in [2.45, 2.75) is 85.6 Å². The molecule has 0 radical (unpaired) electrons. The standard InChI is InChI=1S/C16H31N3O.C14H27N3O.C2H6/c1-4-15(5-2)18-10-12-19(13-11-18)16(20)14-6-8-17(3)9-7-14;1-3-6-16-9-11-17(12-10-16)14(18)13-4-7-15(2)8-5-13;1-2/h14-15H,4-13H2,1-3H3;13H,3-12H2,1-2H3;1-2H3. The lowest BCUT2D eigenvalue weighted by atomic mass is 9.95. The van der Waals surface area contributed by atoms with Gasteiger partial charge in [-0.25, -0.2) is 0 Å². The lowest BCUT2D eigenvalue weighted by Crippen LogP contribution is -2.53. The summed E-state index contributed by atoms with van der Waals surface area (Å²) in [7, 11) is 4.29. The predicted octanol–water partition coefficient (Wildman–Crippen LogP) is 3.57. The van der Waals surface area contributed by atoms with Crippen molar-refractivity contribution < 1.29 is 9.59 Å². The molecule has 8 nitrogen and oxygen atoms in total. The third kappa shape index (κ3) is 10.9. The molecule has 0 saturated carbocycles. The third-order valence-corrected chi connectivity index (χ3v) is 9.44. The van der Waals surface area contributed by atoms with Crippen LogP contribution < -0.4 is 0 Å². The Bertz CT molecular complexity index is 686. The first-order chi connectivity index (χ1) is 19.4. The summed E-state index contributed by atoms with van der Waals surface area (Å²) in [5, 5.41) is 0. The lowest BCUT2D eigenvalue weighted by molar-refractivity contribution is -0.139. The fourth-order valence-electron chi connectivity index (χ4n) is 6.65. The molecule has 4 aliphatic heterocycles. The van der Waals surface area contributed by atoms with E-state index in [0.717, 1.165) is 104 Å². The summed E-state index contributed by atoms with van der Waals surface area (Å²) in [4.78, 5) is 38.9. The Morgan fingerprint density at radius 1 is 0.600 bits per heavy atom. The molecule has 4 aliphatic rings. The Morgan fingerprint density at radius 2 is 0.975 bits per heavy atom. The molecule has 0 atom stereocenters. The van der Waals surface area contributed by atoms with E-state index in [9.17, 15) is 9.59 Å². The molecule has 0 spiro atoms. The molecule has 4 rings (SSSR count). The largest absolute Gasteiger partial charge is 0.340 e. The van der Waals surface area contributed by atoms with Crippen LogP contribution in [0.4, 0.5) is 0 Å². The van der Waals surface area contributed by atoms with Gasteiger partial charge in [0, 0.05) is 70.2 Å². The van der Waals surface area contributed by atoms with Crippen LogP contribution in [0.25, 0.3) is 0 Å². The van der Waals surface area contributed by atoms with Gasteiger partial charge in [0.25, 0.3) is 0 Å². The molecule has 4 heterocycles. The minimum absolute atomic E-state index is 0.283. The Morgan fingerprint density at radius 3 is 1.32 bits per heavy atom. The van der Waals surface area contributed by atoms with Gasteiger partial charge in [0.15, 0.2) is 0 Å². The van der Waals surface area contributed by atoms with E-state index in [-0.39, 0.29) is 5.92 Å². The molecule has 0 bridgehead atoms. The van der Waals surface area contributed by atoms with E-state index in [1.165, 1.54) is 25.8 Å². The first-order valence-corrected chi connectivity index (χ1v) is 16.8. The fraction of sp³-hybridized carbons (Fsp3) is 0.938. The highest BCUT2D eigenvalue weighted by Crippen LogP contribution is 2.21. The summed E-state index contributed by atoms with van der Waals surface area (Å²) < 4.78 is 0. The monoisotopic (exact) mass is 565 g/mol. The molecule has 0 aliphatic carbocycles. The average molecular weight is 565 g/mol. The van der Waals surface area contributed by atoms with E-state index in [4.69, 9.17) is 0 Å². The number of likely N-dealkylation sites (tertiary alicyclic amines) is 2. The van der Waals surface area contributed by atoms with Crippen LogP contribution in [-0.2, 0) is 9.59 Å². The van der Waals surface area contributed by atoms with Crippen molar-refractivity contribution in [3.63, 3.8) is 0 Å². The Hall–Kier alpha value is -1.22. The molecular formula is C32H64N6O2. The molecule has 4 saturated heterocycles. The van der Waals surface area contributed by atoms with Crippen molar-refractivity contribution >= 4 is 11.8 Å². The zero-order valence-electron chi connectivity index (χ0n) is 27.4. The number of nitrogens with zero attached hydrogens (tertiary/aromatic N) is 6. The van der Waals surface area contributed by atoms with Gasteiger partial charge in [0.05, 0.1) is 0 Å². The summed E-state index contributed by atoms with van der Waals surface area (Å²) in [5.74, 6) is 1.41. The van der Waals surface area contributed by atoms with Gasteiger partial charge in [-0.2, -0.15) is 0 Å². The SMILES string of the molecule is CC.CCC(CC)N1CCN(C(=O)C2CCN(C)CC2)CC1.CCCN1CCN(C(=O)C2CCN(C)CC2)CC1. The maximum Gasteiger partial charge on any atom is 0.225 e. The smallest absolute Gasteiger partial charge is 0.225 e. The van der Waals surface area contributed by atoms with Crippen molar-refractivity contribution in [3.05, 3.63) is 0 Å². The minimum Gasteiger partial charge on any atom is -0.340 e. The van der Waals surface area contributed by atoms with Crippen LogP contribution >= 0.6 is 0 Å². The zero-order valence-corrected chi connectivity index (χ0v) is 27.4. The van der Waals surface area contributed by atoms with Crippen molar-refractivity contribution in [1.29, 1.82) is 0 Å². The van der Waals surface area contributed by atoms with Crippen molar-refractivity contribution in [2.75, 3.05) is 99.2 Å². The van der Waals surface area contributed by atoms with Gasteiger partial charge in [0.1, 0.15) is 0 Å². The van der Waals surface area contributed by atoms with Crippen LogP contribution in [0.2, 0.25) is 0 Å². The first kappa shape index (κ1) is 35.0. The maximum atomic E-state index is 12.6. The highest BCUT2D eigenvalue weighted by Gasteiger charge is 2.31. The van der Waals surface area contributed by atoms with Crippen LogP contribution in [0.5, 0.6) is 0 Å². The van der Waals surface area contributed by atoms with Crippen molar-refractivity contribution in [3.8, 4) is 0 Å². The quantitative estimate of drug-likeness (QED) is 0.471. The van der Waals surface area contributed by atoms with Crippen LogP contribution in [0.1, 0.15) is 79.6 Å². The predicted molar refractivity (Wildman–Crippen MR) is 168 cm³/mol. The number of carbonyl (C=O) groups excluding carboxylic acids is 2. The second-order valence-corrected chi connectivity index (χ2v) is 12.2. The topological polar surface area (TPSA) is 53.6 Å². The average Bonchev–Trinajstić information content (AvgIpc) is 3.00. The molecule has 0 aromatic carbocycles. The highest BCUT2D eigenvalue weighted by molar-refractivity contribution is 5.79. The second-order valence-electron chi connectivity index (χ2n) is 12.2. The Kier molecular flexibility index (Phi) is 16.7. The highest BCUT2D eigenvalue weighted by atomic mass is 16.2. The number of carbonyl (C=O) groups is 2. The number of rotatable bonds is 7. The number of hydrogen-bond acceptors (Lipinski definition) is 6. The summed E-state index contributed by atoms with van der Waals surface area (Å²) in [6.45, 7) is 24.2. The molecule has 40 heavy (non-hydrogen) atoms. The van der Waals surface area contributed by atoms with Crippen molar-refractivity contribution in [1.82, 2.24) is 29.4 Å². The Labute approximate surface area is 247 Å². The molecule has 0 unspecified atom stereocenters. The third-order valence-electron chi connectivity index (χ3n) is 9.44. The van der Waals surface area contributed by atoms with Crippen molar-refractivity contribution in [2.24, 2.45) is 11.8 Å². The summed E-state index contributed by atoms with van der Waals surface area (Å²) in [5.41, 5.74) is 0. The van der Waals surface area contributed by atoms with Crippen LogP contribution in [-0.4, -0.2) is 146 Å². The molecule has 0 aromatic heterocycles. The van der Waals surface area contributed by atoms with E-state index in [1.54, 1.807) is 0 Å². The van der Waals surface area contributed by atoms with E-state index in [1.807, 2.05) is 13.8 Å². The van der Waals surface area contributed by atoms with E-state index >= 15 is 0 Å². The summed E-state index contributed by atoms with van der Waals surface area (Å²) >= 11 is 0. The summed E-state index contributed by atoms with van der Waals surface area (Å²) in [6, 6.07) is 0.704. The normalized spacial score (nSPS) is 22.9. The van der Waals surface area contributed by atoms with E-state index < -0.39 is 0 Å². The molecule has 234 valence electrons. The number of piperidine rings is 2. The molecule has 0 N–H and O–H groups in total. The van der Waals surface area contributed by atoms with Gasteiger partial charge in [-0.3, -0.25) is 19.4 Å². The van der Waals surface area contributed by atoms with Crippen LogP contribution in [0.15, 0.2) is 0 Å². The Balaban J connectivity index is 0.000000265. The van der Waals surface area contributed by atoms with E-state index in [2.05, 4.69) is 64.3 Å². The fourth-order valence-corrected chi connectivity index (χ4v) is 6.65. The van der Waals surface area contributed by atoms with Crippen LogP contribution in [0.3, 0.4) is 0 Å². The van der Waals surface area contributed by atoms with Gasteiger partial charge in [-0.1, -0.05) is 34.6 Å². The minimum atomic E-state index is 0.283. The van der Waals surface area contributed by atoms with E-state index in [0.29, 0.717) is 23.8 Å². The van der Waals surface area contributed by atoms with Gasteiger partial charge in [-0.15, -0.1) is 0 Å². The molecule has 8 heteroatoms. The second kappa shape index (κ2) is 19.1. The first-order valence-electron chi connectivity index (χ1n) is 16.8. The number of piperazine rings is 2. The number of amides is 2. The molecular weight excluding hydrogens is 500 g/mol. The zero-order chi connectivity index (χ0) is 29.5. The summed E-state index contributed by atoms with van der Waals surface area (Å²) in [6.07, 6.45) is 7.83. The van der Waals surface area contributed by atoms with Gasteiger partial charge in [-0.05, 0) is 91.8 Å². The molecule has 2 amide bonds. The molecule has 0 aromatic rings. The number of hydrogen-bond donors (Lipinski definition) is 0. The maximum absolute atomic E-state index is 12.6. The molecule has 4 fully saturated rings. The van der Waals surface area contributed by atoms with Gasteiger partial charge < -0.3 is 19.6 Å². The lowest BCUT2D eigenvalue weighted by Gasteiger charge is -2.40.